The minimum atomic E-state index is -0.366. The molecule has 0 amide bonds. The summed E-state index contributed by atoms with van der Waals surface area (Å²) in [5.41, 5.74) is 3.11. The molecule has 0 aliphatic heterocycles. The van der Waals surface area contributed by atoms with Crippen LogP contribution in [0.15, 0.2) is 46.7 Å². The molecule has 2 aromatic rings. The van der Waals surface area contributed by atoms with Crippen molar-refractivity contribution in [2.75, 3.05) is 0 Å². The first-order valence-corrected chi connectivity index (χ1v) is 8.83. The summed E-state index contributed by atoms with van der Waals surface area (Å²) in [6.45, 7) is 2.11. The van der Waals surface area contributed by atoms with E-state index in [9.17, 15) is 10.1 Å². The molecule has 0 radical (unpaired) electrons. The summed E-state index contributed by atoms with van der Waals surface area (Å²) >= 11 is 3.60. The number of Topliss-reactive ketones (excluding diaryl/α,β-unsaturated/α-hetero) is 1. The lowest BCUT2D eigenvalue weighted by atomic mass is 9.62. The maximum absolute atomic E-state index is 12.1. The third-order valence-corrected chi connectivity index (χ3v) is 5.86. The number of halogens is 1. The van der Waals surface area contributed by atoms with E-state index in [-0.39, 0.29) is 22.7 Å². The number of nitrogens with zero attached hydrogens (tertiary/aromatic N) is 3. The number of carbonyl (C=O) groups is 1. The van der Waals surface area contributed by atoms with E-state index in [2.05, 4.69) is 45.6 Å². The third kappa shape index (κ3) is 2.10. The Labute approximate surface area is 148 Å². The van der Waals surface area contributed by atoms with Gasteiger partial charge in [0.2, 0.25) is 0 Å². The van der Waals surface area contributed by atoms with Crippen molar-refractivity contribution in [2.45, 2.75) is 31.6 Å². The molecule has 0 spiro atoms. The van der Waals surface area contributed by atoms with Crippen LogP contribution in [0.5, 0.6) is 0 Å². The van der Waals surface area contributed by atoms with Crippen molar-refractivity contribution < 1.29 is 4.79 Å². The molecule has 0 saturated carbocycles. The lowest BCUT2D eigenvalue weighted by Gasteiger charge is -2.41. The van der Waals surface area contributed by atoms with Crippen molar-refractivity contribution >= 4 is 21.7 Å². The lowest BCUT2D eigenvalue weighted by Crippen LogP contribution is -2.40. The first kappa shape index (κ1) is 15.3. The summed E-state index contributed by atoms with van der Waals surface area (Å²) in [5, 5.41) is 9.28. The van der Waals surface area contributed by atoms with Crippen LogP contribution in [0.25, 0.3) is 5.69 Å². The van der Waals surface area contributed by atoms with Crippen LogP contribution in [0.1, 0.15) is 31.2 Å². The number of ketones is 1. The Kier molecular flexibility index (Phi) is 3.47. The van der Waals surface area contributed by atoms with Gasteiger partial charge < -0.3 is 0 Å². The van der Waals surface area contributed by atoms with Crippen LogP contribution < -0.4 is 0 Å². The number of rotatable bonds is 1. The Morgan fingerprint density at radius 1 is 1.38 bits per heavy atom. The van der Waals surface area contributed by atoms with E-state index in [4.69, 9.17) is 4.98 Å². The van der Waals surface area contributed by atoms with Gasteiger partial charge in [0.1, 0.15) is 6.07 Å². The van der Waals surface area contributed by atoms with E-state index < -0.39 is 0 Å². The molecule has 1 aromatic heterocycles. The fourth-order valence-corrected chi connectivity index (χ4v) is 4.63. The molecule has 2 unspecified atom stereocenters. The monoisotopic (exact) mass is 381 g/mol. The smallest absolute Gasteiger partial charge is 0.182 e. The summed E-state index contributed by atoms with van der Waals surface area (Å²) in [7, 11) is 0. The summed E-state index contributed by atoms with van der Waals surface area (Å²) in [6.07, 6.45) is 4.09. The number of imidazole rings is 1. The summed E-state index contributed by atoms with van der Waals surface area (Å²) < 4.78 is 2.90. The van der Waals surface area contributed by atoms with Gasteiger partial charge in [-0.25, -0.2) is 4.98 Å². The third-order valence-electron chi connectivity index (χ3n) is 5.33. The molecular formula is C19H16BrN3O. The van der Waals surface area contributed by atoms with Crippen LogP contribution in [-0.4, -0.2) is 15.3 Å². The topological polar surface area (TPSA) is 58.7 Å². The van der Waals surface area contributed by atoms with Crippen molar-refractivity contribution in [3.63, 3.8) is 0 Å². The van der Waals surface area contributed by atoms with Gasteiger partial charge >= 0.3 is 0 Å². The summed E-state index contributed by atoms with van der Waals surface area (Å²) in [6, 6.07) is 12.2. The van der Waals surface area contributed by atoms with Crippen LogP contribution in [0.2, 0.25) is 0 Å². The highest BCUT2D eigenvalue weighted by atomic mass is 79.9. The molecule has 0 N–H and O–H groups in total. The van der Waals surface area contributed by atoms with Gasteiger partial charge in [0.15, 0.2) is 10.5 Å². The number of allylic oxidation sites excluding steroid dienone is 2. The zero-order valence-electron chi connectivity index (χ0n) is 13.3. The number of para-hydroxylation sites is 1. The highest BCUT2D eigenvalue weighted by Crippen LogP contribution is 2.48. The number of fused-ring (bicyclic) bond motifs is 3. The Hall–Kier alpha value is -2.19. The first-order chi connectivity index (χ1) is 11.5. The van der Waals surface area contributed by atoms with Crippen LogP contribution in [-0.2, 0) is 16.6 Å². The van der Waals surface area contributed by atoms with E-state index in [1.165, 1.54) is 0 Å². The standard InChI is InChI=1S/C19H16BrN3O/c1-19-10-12(11-21)16(24)9-13(19)7-8-15-17(19)22-18(20)23(15)14-5-3-2-4-6-14/h2-6,10,13H,7-9H2,1H3. The first-order valence-electron chi connectivity index (χ1n) is 8.04. The van der Waals surface area contributed by atoms with Crippen molar-refractivity contribution in [3.8, 4) is 11.8 Å². The molecule has 4 rings (SSSR count). The number of benzene rings is 1. The molecule has 2 aliphatic carbocycles. The minimum absolute atomic E-state index is 0.0371. The highest BCUT2D eigenvalue weighted by Gasteiger charge is 2.46. The molecule has 1 heterocycles. The normalized spacial score (nSPS) is 25.5. The number of carbonyl (C=O) groups excluding carboxylic acids is 1. The average molecular weight is 382 g/mol. The van der Waals surface area contributed by atoms with Gasteiger partial charge in [-0.1, -0.05) is 31.2 Å². The zero-order chi connectivity index (χ0) is 16.9. The number of nitriles is 1. The van der Waals surface area contributed by atoms with Crippen LogP contribution >= 0.6 is 15.9 Å². The van der Waals surface area contributed by atoms with Crippen LogP contribution in [0, 0.1) is 17.2 Å². The van der Waals surface area contributed by atoms with Crippen molar-refractivity contribution in [2.24, 2.45) is 5.92 Å². The molecule has 2 aliphatic rings. The van der Waals surface area contributed by atoms with Gasteiger partial charge in [-0.05, 0) is 46.8 Å². The van der Waals surface area contributed by atoms with Crippen LogP contribution in [0.4, 0.5) is 0 Å². The minimum Gasteiger partial charge on any atom is -0.293 e. The van der Waals surface area contributed by atoms with E-state index in [0.717, 1.165) is 34.7 Å². The van der Waals surface area contributed by atoms with Crippen LogP contribution in [0.3, 0.4) is 0 Å². The fraction of sp³-hybridized carbons (Fsp3) is 0.316. The highest BCUT2D eigenvalue weighted by molar-refractivity contribution is 9.10. The molecule has 0 bridgehead atoms. The molecule has 1 aromatic carbocycles. The summed E-state index contributed by atoms with van der Waals surface area (Å²) in [4.78, 5) is 16.9. The van der Waals surface area contributed by atoms with Crippen molar-refractivity contribution in [1.29, 1.82) is 5.26 Å². The van der Waals surface area contributed by atoms with Gasteiger partial charge in [0, 0.05) is 23.2 Å². The Bertz CT molecular complexity index is 907. The largest absolute Gasteiger partial charge is 0.293 e. The Morgan fingerprint density at radius 2 is 2.12 bits per heavy atom. The van der Waals surface area contributed by atoms with E-state index in [1.54, 1.807) is 0 Å². The predicted octanol–water partition coefficient (Wildman–Crippen LogP) is 3.88. The number of aromatic nitrogens is 2. The van der Waals surface area contributed by atoms with Crippen molar-refractivity contribution in [1.82, 2.24) is 9.55 Å². The van der Waals surface area contributed by atoms with E-state index in [0.29, 0.717) is 6.42 Å². The van der Waals surface area contributed by atoms with Gasteiger partial charge in [-0.2, -0.15) is 5.26 Å². The molecule has 0 saturated heterocycles. The predicted molar refractivity (Wildman–Crippen MR) is 93.7 cm³/mol. The van der Waals surface area contributed by atoms with Crippen molar-refractivity contribution in [3.05, 3.63) is 58.1 Å². The number of hydrogen-bond acceptors (Lipinski definition) is 3. The SMILES string of the molecule is CC12C=C(C#N)C(=O)CC1CCc1c2nc(Br)n1-c1ccccc1. The average Bonchev–Trinajstić information content (AvgIpc) is 2.93. The molecule has 4 nitrogen and oxygen atoms in total. The number of hydrogen-bond donors (Lipinski definition) is 0. The second-order valence-corrected chi connectivity index (χ2v) is 7.37. The summed E-state index contributed by atoms with van der Waals surface area (Å²) in [5.74, 6) is 0.172. The van der Waals surface area contributed by atoms with Gasteiger partial charge in [-0.15, -0.1) is 0 Å². The van der Waals surface area contributed by atoms with E-state index >= 15 is 0 Å². The Balaban J connectivity index is 1.93. The molecule has 24 heavy (non-hydrogen) atoms. The second kappa shape index (κ2) is 5.42. The molecule has 0 fully saturated rings. The van der Waals surface area contributed by atoms with Gasteiger partial charge in [0.05, 0.1) is 11.3 Å². The second-order valence-electron chi connectivity index (χ2n) is 6.66. The quantitative estimate of drug-likeness (QED) is 0.752. The maximum atomic E-state index is 12.1. The van der Waals surface area contributed by atoms with E-state index in [1.807, 2.05) is 24.3 Å². The molecule has 120 valence electrons. The lowest BCUT2D eigenvalue weighted by molar-refractivity contribution is -0.117. The maximum Gasteiger partial charge on any atom is 0.182 e. The Morgan fingerprint density at radius 3 is 2.83 bits per heavy atom. The van der Waals surface area contributed by atoms with Gasteiger partial charge in [-0.3, -0.25) is 9.36 Å². The fourth-order valence-electron chi connectivity index (χ4n) is 4.04. The molecule has 2 atom stereocenters. The zero-order valence-corrected chi connectivity index (χ0v) is 14.9. The molecule has 5 heteroatoms. The van der Waals surface area contributed by atoms with Gasteiger partial charge in [0.25, 0.3) is 0 Å². The molecular weight excluding hydrogens is 366 g/mol.